The van der Waals surface area contributed by atoms with Gasteiger partial charge in [-0.15, -0.1) is 0 Å². The summed E-state index contributed by atoms with van der Waals surface area (Å²) in [5, 5.41) is 0.931. The van der Waals surface area contributed by atoms with E-state index in [1.165, 1.54) is 18.2 Å². The minimum absolute atomic E-state index is 0.226. The van der Waals surface area contributed by atoms with Gasteiger partial charge in [0.15, 0.2) is 5.58 Å². The van der Waals surface area contributed by atoms with E-state index in [0.29, 0.717) is 43.8 Å². The van der Waals surface area contributed by atoms with Crippen LogP contribution in [0.4, 0.5) is 0 Å². The molecular formula is C23H21Cl2NO4S2. The van der Waals surface area contributed by atoms with E-state index in [1.54, 1.807) is 30.3 Å². The van der Waals surface area contributed by atoms with Gasteiger partial charge in [0.25, 0.3) is 0 Å². The predicted molar refractivity (Wildman–Crippen MR) is 131 cm³/mol. The summed E-state index contributed by atoms with van der Waals surface area (Å²) in [5.41, 5.74) is 1.82. The molecular weight excluding hydrogens is 489 g/mol. The summed E-state index contributed by atoms with van der Waals surface area (Å²) in [6.45, 7) is 2.27. The molecule has 0 spiro atoms. The molecule has 1 fully saturated rings. The monoisotopic (exact) mass is 509 g/mol. The van der Waals surface area contributed by atoms with E-state index in [9.17, 15) is 9.59 Å². The van der Waals surface area contributed by atoms with Gasteiger partial charge in [-0.25, -0.2) is 9.78 Å². The van der Waals surface area contributed by atoms with Crippen molar-refractivity contribution in [1.82, 2.24) is 4.98 Å². The van der Waals surface area contributed by atoms with Gasteiger partial charge in [-0.3, -0.25) is 4.79 Å². The number of hydrogen-bond donors (Lipinski definition) is 0. The van der Waals surface area contributed by atoms with E-state index in [2.05, 4.69) is 11.9 Å². The lowest BCUT2D eigenvalue weighted by Crippen LogP contribution is -2.16. The van der Waals surface area contributed by atoms with Gasteiger partial charge in [-0.2, -0.15) is 0 Å². The first-order valence-corrected chi connectivity index (χ1v) is 13.3. The Morgan fingerprint density at radius 1 is 1.16 bits per heavy atom. The Kier molecular flexibility index (Phi) is 7.40. The van der Waals surface area contributed by atoms with Crippen LogP contribution in [0.15, 0.2) is 40.8 Å². The largest absolute Gasteiger partial charge is 0.436 e. The van der Waals surface area contributed by atoms with Crippen LogP contribution in [-0.2, 0) is 9.53 Å². The summed E-state index contributed by atoms with van der Waals surface area (Å²) in [6.07, 6.45) is 4.13. The highest BCUT2D eigenvalue weighted by molar-refractivity contribution is 8.77. The Morgan fingerprint density at radius 2 is 1.94 bits per heavy atom. The second-order valence-electron chi connectivity index (χ2n) is 7.93. The van der Waals surface area contributed by atoms with E-state index in [4.69, 9.17) is 32.4 Å². The Bertz CT molecular complexity index is 1140. The molecule has 2 aromatic carbocycles. The molecule has 3 aromatic rings. The first-order valence-electron chi connectivity index (χ1n) is 10.2. The van der Waals surface area contributed by atoms with Crippen molar-refractivity contribution >= 4 is 67.8 Å². The number of benzene rings is 2. The number of aromatic nitrogens is 1. The standard InChI is InChI=1S/C23H21Cl2NO4S2/c1-23(8-9-31-32-23)7-3-2-4-20(27)30-22(28)14-5-6-18-19(12-14)29-21(26-18)15-10-16(24)13-17(25)11-15/h5-6,10-13H,2-4,7-9H2,1H3/t23-/m1/s1. The van der Waals surface area contributed by atoms with Crippen molar-refractivity contribution < 1.29 is 18.7 Å². The lowest BCUT2D eigenvalue weighted by molar-refractivity contribution is -0.138. The molecule has 4 rings (SSSR count). The lowest BCUT2D eigenvalue weighted by Gasteiger charge is -2.20. The average molecular weight is 510 g/mol. The summed E-state index contributed by atoms with van der Waals surface area (Å²) in [4.78, 5) is 28.9. The summed E-state index contributed by atoms with van der Waals surface area (Å²) < 4.78 is 11.1. The molecule has 0 radical (unpaired) electrons. The van der Waals surface area contributed by atoms with E-state index in [1.807, 2.05) is 21.6 Å². The van der Waals surface area contributed by atoms with Crippen molar-refractivity contribution in [3.8, 4) is 11.5 Å². The molecule has 32 heavy (non-hydrogen) atoms. The van der Waals surface area contributed by atoms with Crippen LogP contribution in [0, 0.1) is 0 Å². The summed E-state index contributed by atoms with van der Waals surface area (Å²) in [6, 6.07) is 9.72. The minimum atomic E-state index is -0.699. The quantitative estimate of drug-likeness (QED) is 0.140. The van der Waals surface area contributed by atoms with Crippen molar-refractivity contribution in [2.75, 3.05) is 5.75 Å². The zero-order valence-corrected chi connectivity index (χ0v) is 20.5. The van der Waals surface area contributed by atoms with Gasteiger partial charge in [-0.05, 0) is 62.6 Å². The molecule has 0 amide bonds. The highest BCUT2D eigenvalue weighted by atomic mass is 35.5. The molecule has 0 unspecified atom stereocenters. The Labute approximate surface area is 204 Å². The molecule has 0 bridgehead atoms. The van der Waals surface area contributed by atoms with Crippen molar-refractivity contribution in [3.63, 3.8) is 0 Å². The number of carbonyl (C=O) groups excluding carboxylic acids is 2. The minimum Gasteiger partial charge on any atom is -0.436 e. The fourth-order valence-corrected chi connectivity index (χ4v) is 7.31. The van der Waals surface area contributed by atoms with Crippen molar-refractivity contribution in [1.29, 1.82) is 0 Å². The van der Waals surface area contributed by atoms with E-state index < -0.39 is 11.9 Å². The highest BCUT2D eigenvalue weighted by Gasteiger charge is 2.29. The number of rotatable bonds is 7. The number of fused-ring (bicyclic) bond motifs is 1. The summed E-state index contributed by atoms with van der Waals surface area (Å²) in [7, 11) is 3.84. The molecule has 168 valence electrons. The van der Waals surface area contributed by atoms with Crippen molar-refractivity contribution in [2.24, 2.45) is 0 Å². The van der Waals surface area contributed by atoms with Gasteiger partial charge in [-0.1, -0.05) is 51.2 Å². The topological polar surface area (TPSA) is 69.4 Å². The second-order valence-corrected chi connectivity index (χ2v) is 11.8. The Balaban J connectivity index is 1.35. The first kappa shape index (κ1) is 23.5. The molecule has 2 heterocycles. The van der Waals surface area contributed by atoms with Crippen LogP contribution >= 0.6 is 44.8 Å². The summed E-state index contributed by atoms with van der Waals surface area (Å²) in [5.74, 6) is 0.302. The van der Waals surface area contributed by atoms with Crippen molar-refractivity contribution in [3.05, 3.63) is 52.0 Å². The maximum atomic E-state index is 12.4. The van der Waals surface area contributed by atoms with Crippen LogP contribution in [-0.4, -0.2) is 27.4 Å². The highest BCUT2D eigenvalue weighted by Crippen LogP contribution is 2.49. The second kappa shape index (κ2) is 10.1. The number of ether oxygens (including phenoxy) is 1. The maximum absolute atomic E-state index is 12.4. The van der Waals surface area contributed by atoms with Crippen LogP contribution < -0.4 is 0 Å². The zero-order valence-electron chi connectivity index (χ0n) is 17.4. The first-order chi connectivity index (χ1) is 15.3. The van der Waals surface area contributed by atoms with Gasteiger partial charge >= 0.3 is 11.9 Å². The third kappa shape index (κ3) is 5.81. The molecule has 1 aromatic heterocycles. The molecule has 1 atom stereocenters. The number of nitrogens with zero attached hydrogens (tertiary/aromatic N) is 1. The van der Waals surface area contributed by atoms with Crippen LogP contribution in [0.3, 0.4) is 0 Å². The maximum Gasteiger partial charge on any atom is 0.345 e. The molecule has 0 N–H and O–H groups in total. The predicted octanol–water partition coefficient (Wildman–Crippen LogP) is 7.59. The normalized spacial score (nSPS) is 18.2. The number of halogens is 2. The van der Waals surface area contributed by atoms with Crippen LogP contribution in [0.25, 0.3) is 22.6 Å². The SMILES string of the molecule is C[C@@]1(CCCCC(=O)OC(=O)c2ccc3nc(-c4cc(Cl)cc(Cl)c4)oc3c2)CCSS1. The number of unbranched alkanes of at least 4 members (excludes halogenated alkanes) is 1. The smallest absolute Gasteiger partial charge is 0.345 e. The van der Waals surface area contributed by atoms with Crippen LogP contribution in [0.5, 0.6) is 0 Å². The van der Waals surface area contributed by atoms with Crippen LogP contribution in [0.1, 0.15) is 49.4 Å². The average Bonchev–Trinajstić information content (AvgIpc) is 3.36. The molecule has 1 aliphatic rings. The number of carbonyl (C=O) groups is 2. The third-order valence-electron chi connectivity index (χ3n) is 5.25. The van der Waals surface area contributed by atoms with E-state index in [-0.39, 0.29) is 12.0 Å². The Hall–Kier alpha value is -1.67. The molecule has 5 nitrogen and oxygen atoms in total. The number of oxazole rings is 1. The van der Waals surface area contributed by atoms with Gasteiger partial charge in [0.05, 0.1) is 5.56 Å². The third-order valence-corrected chi connectivity index (χ3v) is 9.05. The van der Waals surface area contributed by atoms with E-state index >= 15 is 0 Å². The fourth-order valence-electron chi connectivity index (χ4n) is 3.48. The fraction of sp³-hybridized carbons (Fsp3) is 0.348. The van der Waals surface area contributed by atoms with Crippen LogP contribution in [0.2, 0.25) is 10.0 Å². The Morgan fingerprint density at radius 3 is 2.66 bits per heavy atom. The molecule has 1 aliphatic heterocycles. The summed E-state index contributed by atoms with van der Waals surface area (Å²) >= 11 is 12.1. The van der Waals surface area contributed by atoms with Gasteiger partial charge < -0.3 is 9.15 Å². The molecule has 1 saturated heterocycles. The van der Waals surface area contributed by atoms with Crippen molar-refractivity contribution in [2.45, 2.75) is 43.8 Å². The molecule has 9 heteroatoms. The van der Waals surface area contributed by atoms with Gasteiger partial charge in [0.1, 0.15) is 5.52 Å². The number of hydrogen-bond acceptors (Lipinski definition) is 7. The lowest BCUT2D eigenvalue weighted by atomic mass is 9.99. The molecule has 0 aliphatic carbocycles. The zero-order chi connectivity index (χ0) is 22.7. The molecule has 0 saturated carbocycles. The van der Waals surface area contributed by atoms with Gasteiger partial charge in [0, 0.05) is 32.5 Å². The van der Waals surface area contributed by atoms with Gasteiger partial charge in [0.2, 0.25) is 5.89 Å². The number of esters is 2. The van der Waals surface area contributed by atoms with E-state index in [0.717, 1.165) is 12.8 Å².